The van der Waals surface area contributed by atoms with Crippen molar-refractivity contribution in [2.75, 3.05) is 6.61 Å². The Hall–Kier alpha value is -1.90. The van der Waals surface area contributed by atoms with Gasteiger partial charge >= 0.3 is 0 Å². The molecular weight excluding hydrogens is 286 g/mol. The van der Waals surface area contributed by atoms with Crippen LogP contribution in [0.5, 0.6) is 0 Å². The maximum absolute atomic E-state index is 13.0. The Bertz CT molecular complexity index is 616. The molecule has 0 aromatic heterocycles. The minimum Gasteiger partial charge on any atom is -0.478 e. The fourth-order valence-electron chi connectivity index (χ4n) is 3.36. The highest BCUT2D eigenvalue weighted by molar-refractivity contribution is 6.27. The number of carbonyl (C=O) groups is 1. The first-order valence-electron chi connectivity index (χ1n) is 8.73. The van der Waals surface area contributed by atoms with Crippen LogP contribution in [0.25, 0.3) is 5.57 Å². The fraction of sp³-hybridized carbons (Fsp3) is 0.500. The topological polar surface area (TPSA) is 50.1 Å². The van der Waals surface area contributed by atoms with Crippen LogP contribution in [0.3, 0.4) is 0 Å². The van der Waals surface area contributed by atoms with E-state index in [0.717, 1.165) is 48.8 Å². The average Bonchev–Trinajstić information content (AvgIpc) is 2.55. The van der Waals surface area contributed by atoms with Crippen LogP contribution in [0, 0.1) is 5.41 Å². The monoisotopic (exact) mass is 313 g/mol. The normalized spacial score (nSPS) is 17.2. The molecule has 0 fully saturated rings. The summed E-state index contributed by atoms with van der Waals surface area (Å²) in [7, 11) is 0. The summed E-state index contributed by atoms with van der Waals surface area (Å²) in [5.74, 6) is -0.0648. The quantitative estimate of drug-likeness (QED) is 0.432. The molecule has 0 spiro atoms. The number of hydrogen-bond donors (Lipinski definition) is 1. The van der Waals surface area contributed by atoms with E-state index < -0.39 is 0 Å². The lowest BCUT2D eigenvalue weighted by Crippen LogP contribution is -2.27. The largest absolute Gasteiger partial charge is 0.478 e. The van der Waals surface area contributed by atoms with E-state index in [-0.39, 0.29) is 17.6 Å². The first kappa shape index (κ1) is 17.5. The van der Waals surface area contributed by atoms with Crippen molar-refractivity contribution in [1.82, 2.24) is 0 Å². The van der Waals surface area contributed by atoms with Crippen LogP contribution in [-0.2, 0) is 9.53 Å². The molecule has 124 valence electrons. The third-order valence-electron chi connectivity index (χ3n) is 4.48. The lowest BCUT2D eigenvalue weighted by molar-refractivity contribution is -0.116. The van der Waals surface area contributed by atoms with E-state index in [2.05, 4.69) is 19.1 Å². The van der Waals surface area contributed by atoms with Gasteiger partial charge in [-0.3, -0.25) is 10.2 Å². The number of rotatable bonds is 7. The predicted molar refractivity (Wildman–Crippen MR) is 94.9 cm³/mol. The third kappa shape index (κ3) is 3.54. The zero-order valence-corrected chi connectivity index (χ0v) is 14.4. The number of carbonyl (C=O) groups excluding carboxylic acids is 1. The summed E-state index contributed by atoms with van der Waals surface area (Å²) < 4.78 is 5.40. The van der Waals surface area contributed by atoms with E-state index in [9.17, 15) is 4.79 Å². The van der Waals surface area contributed by atoms with Crippen LogP contribution in [0.15, 0.2) is 29.8 Å². The van der Waals surface area contributed by atoms with Crippen molar-refractivity contribution in [2.24, 2.45) is 0 Å². The van der Waals surface area contributed by atoms with E-state index >= 15 is 0 Å². The Morgan fingerprint density at radius 3 is 2.57 bits per heavy atom. The Balaban J connectivity index is 2.54. The van der Waals surface area contributed by atoms with Crippen molar-refractivity contribution in [3.05, 3.63) is 41.0 Å². The number of unbranched alkanes of at least 4 members (excludes halogenated alkanes) is 2. The minimum atomic E-state index is -0.156. The van der Waals surface area contributed by atoms with Gasteiger partial charge in [0.25, 0.3) is 0 Å². The van der Waals surface area contributed by atoms with Crippen molar-refractivity contribution in [1.29, 1.82) is 5.41 Å². The number of nitrogens with one attached hydrogen (secondary N) is 1. The van der Waals surface area contributed by atoms with E-state index in [4.69, 9.17) is 10.1 Å². The molecule has 1 atom stereocenters. The molecule has 3 nitrogen and oxygen atoms in total. The van der Waals surface area contributed by atoms with Crippen LogP contribution < -0.4 is 0 Å². The van der Waals surface area contributed by atoms with Gasteiger partial charge in [-0.1, -0.05) is 51.0 Å². The van der Waals surface area contributed by atoms with Crippen molar-refractivity contribution in [3.63, 3.8) is 0 Å². The summed E-state index contributed by atoms with van der Waals surface area (Å²) in [6.45, 7) is 6.47. The number of Topliss-reactive ketones (excluding diaryl/α,β-unsaturated/α-hetero) is 1. The van der Waals surface area contributed by atoms with Gasteiger partial charge in [0.2, 0.25) is 5.90 Å². The van der Waals surface area contributed by atoms with Crippen LogP contribution in [0.4, 0.5) is 0 Å². The highest BCUT2D eigenvalue weighted by Crippen LogP contribution is 2.40. The standard InChI is InChI=1S/C20H27NO2/c1-4-7-8-13-17-16-12-10-9-11-15(16)14(5-2)19(22)18(17)20(21)23-6-3/h9-12,14,21H,4-8,13H2,1-3H3. The predicted octanol–water partition coefficient (Wildman–Crippen LogP) is 5.11. The number of ether oxygens (including phenoxy) is 1. The van der Waals surface area contributed by atoms with Crippen molar-refractivity contribution in [2.45, 2.75) is 58.8 Å². The molecule has 0 heterocycles. The first-order chi connectivity index (χ1) is 11.2. The Morgan fingerprint density at radius 2 is 1.91 bits per heavy atom. The molecule has 23 heavy (non-hydrogen) atoms. The molecule has 3 heteroatoms. The summed E-state index contributed by atoms with van der Waals surface area (Å²) in [6.07, 6.45) is 4.89. The van der Waals surface area contributed by atoms with Gasteiger partial charge in [0.05, 0.1) is 12.2 Å². The molecule has 0 aliphatic heterocycles. The van der Waals surface area contributed by atoms with Crippen molar-refractivity contribution in [3.8, 4) is 0 Å². The zero-order valence-electron chi connectivity index (χ0n) is 14.4. The van der Waals surface area contributed by atoms with Crippen molar-refractivity contribution < 1.29 is 9.53 Å². The molecule has 0 saturated carbocycles. The molecule has 1 unspecified atom stereocenters. The summed E-state index contributed by atoms with van der Waals surface area (Å²) in [5.41, 5.74) is 3.75. The minimum absolute atomic E-state index is 0.0388. The second-order valence-corrected chi connectivity index (χ2v) is 5.99. The van der Waals surface area contributed by atoms with Gasteiger partial charge in [0, 0.05) is 5.92 Å². The molecule has 1 aliphatic carbocycles. The number of benzene rings is 1. The molecule has 0 saturated heterocycles. The highest BCUT2D eigenvalue weighted by Gasteiger charge is 2.35. The molecule has 0 bridgehead atoms. The summed E-state index contributed by atoms with van der Waals surface area (Å²) >= 11 is 0. The van der Waals surface area contributed by atoms with Gasteiger partial charge < -0.3 is 4.74 Å². The van der Waals surface area contributed by atoms with Gasteiger partial charge in [-0.15, -0.1) is 0 Å². The van der Waals surface area contributed by atoms with Crippen LogP contribution >= 0.6 is 0 Å². The summed E-state index contributed by atoms with van der Waals surface area (Å²) in [4.78, 5) is 13.0. The molecule has 0 amide bonds. The lowest BCUT2D eigenvalue weighted by Gasteiger charge is -2.28. The smallest absolute Gasteiger partial charge is 0.217 e. The van der Waals surface area contributed by atoms with E-state index in [0.29, 0.717) is 12.2 Å². The highest BCUT2D eigenvalue weighted by atomic mass is 16.5. The van der Waals surface area contributed by atoms with E-state index in [1.807, 2.05) is 26.0 Å². The fourth-order valence-corrected chi connectivity index (χ4v) is 3.36. The van der Waals surface area contributed by atoms with Gasteiger partial charge in [-0.05, 0) is 42.9 Å². The molecular formula is C20H27NO2. The lowest BCUT2D eigenvalue weighted by atomic mass is 9.75. The molecule has 1 aromatic rings. The first-order valence-corrected chi connectivity index (χ1v) is 8.73. The average molecular weight is 313 g/mol. The third-order valence-corrected chi connectivity index (χ3v) is 4.48. The van der Waals surface area contributed by atoms with Crippen molar-refractivity contribution >= 4 is 17.3 Å². The Kier molecular flexibility index (Phi) is 6.14. The van der Waals surface area contributed by atoms with E-state index in [1.54, 1.807) is 0 Å². The maximum Gasteiger partial charge on any atom is 0.217 e. The second kappa shape index (κ2) is 8.09. The SMILES string of the molecule is CCCCCC1=C(C(=N)OCC)C(=O)C(CC)c2ccccc21. The van der Waals surface area contributed by atoms with Crippen LogP contribution in [0.1, 0.15) is 69.9 Å². The maximum atomic E-state index is 13.0. The number of allylic oxidation sites excluding steroid dienone is 1. The number of ketones is 1. The number of fused-ring (bicyclic) bond motifs is 1. The van der Waals surface area contributed by atoms with Crippen LogP contribution in [0.2, 0.25) is 0 Å². The zero-order chi connectivity index (χ0) is 16.8. The second-order valence-electron chi connectivity index (χ2n) is 5.99. The van der Waals surface area contributed by atoms with Gasteiger partial charge in [-0.2, -0.15) is 0 Å². The molecule has 1 aromatic carbocycles. The number of hydrogen-bond acceptors (Lipinski definition) is 3. The summed E-state index contributed by atoms with van der Waals surface area (Å²) in [5, 5.41) is 8.23. The Morgan fingerprint density at radius 1 is 1.17 bits per heavy atom. The summed E-state index contributed by atoms with van der Waals surface area (Å²) in [6, 6.07) is 8.16. The van der Waals surface area contributed by atoms with E-state index in [1.165, 1.54) is 0 Å². The van der Waals surface area contributed by atoms with Gasteiger partial charge in [-0.25, -0.2) is 0 Å². The molecule has 2 rings (SSSR count). The molecule has 1 aliphatic rings. The molecule has 0 radical (unpaired) electrons. The van der Waals surface area contributed by atoms with Crippen LogP contribution in [-0.4, -0.2) is 18.3 Å². The van der Waals surface area contributed by atoms with Gasteiger partial charge in [0.1, 0.15) is 0 Å². The van der Waals surface area contributed by atoms with Gasteiger partial charge in [0.15, 0.2) is 5.78 Å². The Labute approximate surface area is 139 Å². The molecule has 1 N–H and O–H groups in total.